The van der Waals surface area contributed by atoms with Crippen LogP contribution in [0, 0.1) is 12.7 Å². The number of sulfonamides is 1. The van der Waals surface area contributed by atoms with E-state index in [-0.39, 0.29) is 12.2 Å². The lowest BCUT2D eigenvalue weighted by Gasteiger charge is -2.09. The predicted octanol–water partition coefficient (Wildman–Crippen LogP) is 2.41. The molecule has 9 heteroatoms. The van der Waals surface area contributed by atoms with E-state index in [0.717, 1.165) is 22.7 Å². The molecule has 0 saturated heterocycles. The maximum Gasteiger partial charge on any atom is 0.243 e. The molecule has 2 rings (SSSR count). The lowest BCUT2D eigenvalue weighted by Crippen LogP contribution is -2.24. The number of aryl methyl sites for hydroxylation is 1. The first-order valence-corrected chi connectivity index (χ1v) is 8.60. The van der Waals surface area contributed by atoms with Crippen molar-refractivity contribution in [3.63, 3.8) is 0 Å². The molecule has 20 heavy (non-hydrogen) atoms. The Kier molecular flexibility index (Phi) is 4.43. The van der Waals surface area contributed by atoms with Crippen LogP contribution in [-0.2, 0) is 16.6 Å². The van der Waals surface area contributed by atoms with E-state index in [0.29, 0.717) is 4.47 Å². The van der Waals surface area contributed by atoms with Crippen LogP contribution in [0.15, 0.2) is 27.0 Å². The van der Waals surface area contributed by atoms with Crippen molar-refractivity contribution >= 4 is 43.0 Å². The molecule has 0 atom stereocenters. The fourth-order valence-corrected chi connectivity index (χ4v) is 3.70. The summed E-state index contributed by atoms with van der Waals surface area (Å²) in [6, 6.07) is 2.11. The number of rotatable bonds is 4. The summed E-state index contributed by atoms with van der Waals surface area (Å²) in [6.45, 7) is 1.84. The molecule has 1 aromatic heterocycles. The molecule has 1 heterocycles. The first kappa shape index (κ1) is 15.4. The van der Waals surface area contributed by atoms with Crippen molar-refractivity contribution < 1.29 is 12.8 Å². The van der Waals surface area contributed by atoms with E-state index in [9.17, 15) is 12.8 Å². The largest absolute Gasteiger partial charge is 0.398 e. The van der Waals surface area contributed by atoms with E-state index >= 15 is 0 Å². The van der Waals surface area contributed by atoms with E-state index in [1.54, 1.807) is 12.4 Å². The van der Waals surface area contributed by atoms with E-state index in [2.05, 4.69) is 25.6 Å². The normalized spacial score (nSPS) is 11.8. The summed E-state index contributed by atoms with van der Waals surface area (Å²) >= 11 is 4.37. The standard InChI is InChI=1S/C11H11BrFN3O2S2/c1-6-10(19-5-15-6)4-16-20(17,18)11-3-9(14)7(12)2-8(11)13/h2-3,5,16H,4,14H2,1H3. The molecular weight excluding hydrogens is 369 g/mol. The number of anilines is 1. The van der Waals surface area contributed by atoms with Gasteiger partial charge in [-0.1, -0.05) is 0 Å². The van der Waals surface area contributed by atoms with Crippen LogP contribution >= 0.6 is 27.3 Å². The molecular formula is C11H11BrFN3O2S2. The lowest BCUT2D eigenvalue weighted by atomic mass is 10.3. The molecule has 0 unspecified atom stereocenters. The lowest BCUT2D eigenvalue weighted by molar-refractivity contribution is 0.557. The smallest absolute Gasteiger partial charge is 0.243 e. The quantitative estimate of drug-likeness (QED) is 0.798. The molecule has 5 nitrogen and oxygen atoms in total. The van der Waals surface area contributed by atoms with Crippen LogP contribution in [0.4, 0.5) is 10.1 Å². The van der Waals surface area contributed by atoms with Gasteiger partial charge in [-0.05, 0) is 35.0 Å². The minimum Gasteiger partial charge on any atom is -0.398 e. The zero-order chi connectivity index (χ0) is 14.9. The Morgan fingerprint density at radius 2 is 2.20 bits per heavy atom. The fourth-order valence-electron chi connectivity index (χ4n) is 1.48. The average Bonchev–Trinajstić information content (AvgIpc) is 2.77. The van der Waals surface area contributed by atoms with Gasteiger partial charge in [-0.25, -0.2) is 22.5 Å². The van der Waals surface area contributed by atoms with Crippen LogP contribution in [-0.4, -0.2) is 13.4 Å². The molecule has 2 aromatic rings. The van der Waals surface area contributed by atoms with Crippen LogP contribution in [0.5, 0.6) is 0 Å². The van der Waals surface area contributed by atoms with Gasteiger partial charge in [0.2, 0.25) is 10.0 Å². The summed E-state index contributed by atoms with van der Waals surface area (Å²) in [6.07, 6.45) is 0. The molecule has 0 bridgehead atoms. The number of nitrogens with two attached hydrogens (primary N) is 1. The number of nitrogens with one attached hydrogen (secondary N) is 1. The zero-order valence-corrected chi connectivity index (χ0v) is 13.6. The molecule has 0 amide bonds. The second kappa shape index (κ2) is 5.76. The van der Waals surface area contributed by atoms with Crippen molar-refractivity contribution in [1.29, 1.82) is 0 Å². The summed E-state index contributed by atoms with van der Waals surface area (Å²) < 4.78 is 40.6. The molecule has 0 radical (unpaired) electrons. The maximum atomic E-state index is 13.8. The third-order valence-corrected chi connectivity index (χ3v) is 5.65. The van der Waals surface area contributed by atoms with E-state index in [1.807, 2.05) is 0 Å². The molecule has 3 N–H and O–H groups in total. The first-order valence-electron chi connectivity index (χ1n) is 5.44. The Hall–Kier alpha value is -1.03. The number of aromatic nitrogens is 1. The molecule has 0 fully saturated rings. The Labute approximate surface area is 128 Å². The van der Waals surface area contributed by atoms with Gasteiger partial charge in [0, 0.05) is 21.6 Å². The zero-order valence-electron chi connectivity index (χ0n) is 10.4. The Bertz CT molecular complexity index is 746. The highest BCUT2D eigenvalue weighted by Crippen LogP contribution is 2.26. The van der Waals surface area contributed by atoms with Crippen molar-refractivity contribution in [2.75, 3.05) is 5.73 Å². The van der Waals surface area contributed by atoms with Gasteiger partial charge in [-0.2, -0.15) is 0 Å². The van der Waals surface area contributed by atoms with E-state index in [1.165, 1.54) is 11.3 Å². The predicted molar refractivity (Wildman–Crippen MR) is 79.4 cm³/mol. The van der Waals surface area contributed by atoms with Crippen LogP contribution in [0.1, 0.15) is 10.6 Å². The van der Waals surface area contributed by atoms with Crippen LogP contribution in [0.2, 0.25) is 0 Å². The van der Waals surface area contributed by atoms with E-state index in [4.69, 9.17) is 5.73 Å². The number of hydrogen-bond donors (Lipinski definition) is 2. The summed E-state index contributed by atoms with van der Waals surface area (Å²) in [7, 11) is -3.97. The Morgan fingerprint density at radius 1 is 1.50 bits per heavy atom. The summed E-state index contributed by atoms with van der Waals surface area (Å²) in [4.78, 5) is 4.32. The van der Waals surface area contributed by atoms with Gasteiger partial charge in [0.1, 0.15) is 10.7 Å². The van der Waals surface area contributed by atoms with Crippen molar-refractivity contribution in [2.45, 2.75) is 18.4 Å². The molecule has 0 aliphatic rings. The van der Waals surface area contributed by atoms with Gasteiger partial charge in [0.15, 0.2) is 0 Å². The SMILES string of the molecule is Cc1ncsc1CNS(=O)(=O)c1cc(N)c(Br)cc1F. The Balaban J connectivity index is 2.27. The molecule has 1 aromatic carbocycles. The fraction of sp³-hybridized carbons (Fsp3) is 0.182. The third kappa shape index (κ3) is 3.17. The van der Waals surface area contributed by atoms with Gasteiger partial charge >= 0.3 is 0 Å². The highest BCUT2D eigenvalue weighted by molar-refractivity contribution is 9.10. The van der Waals surface area contributed by atoms with Crippen LogP contribution in [0.25, 0.3) is 0 Å². The van der Waals surface area contributed by atoms with Crippen LogP contribution in [0.3, 0.4) is 0 Å². The Morgan fingerprint density at radius 3 is 2.80 bits per heavy atom. The van der Waals surface area contributed by atoms with Gasteiger partial charge < -0.3 is 5.73 Å². The summed E-state index contributed by atoms with van der Waals surface area (Å²) in [5.74, 6) is -0.861. The molecule has 0 saturated carbocycles. The number of halogens is 2. The molecule has 0 spiro atoms. The highest BCUT2D eigenvalue weighted by atomic mass is 79.9. The first-order chi connectivity index (χ1) is 9.31. The highest BCUT2D eigenvalue weighted by Gasteiger charge is 2.21. The van der Waals surface area contributed by atoms with Gasteiger partial charge in [-0.15, -0.1) is 11.3 Å². The van der Waals surface area contributed by atoms with Crippen molar-refractivity contribution in [3.05, 3.63) is 38.5 Å². The number of hydrogen-bond acceptors (Lipinski definition) is 5. The minimum absolute atomic E-state index is 0.0637. The van der Waals surface area contributed by atoms with Gasteiger partial charge in [0.25, 0.3) is 0 Å². The number of thiazole rings is 1. The average molecular weight is 380 g/mol. The third-order valence-electron chi connectivity index (χ3n) is 2.61. The maximum absolute atomic E-state index is 13.8. The number of nitrogens with zero attached hydrogens (tertiary/aromatic N) is 1. The molecule has 0 aliphatic heterocycles. The van der Waals surface area contributed by atoms with Gasteiger partial charge in [0.05, 0.1) is 11.2 Å². The second-order valence-corrected chi connectivity index (χ2v) is 7.52. The number of benzene rings is 1. The van der Waals surface area contributed by atoms with E-state index < -0.39 is 20.7 Å². The number of nitrogen functional groups attached to an aromatic ring is 1. The minimum atomic E-state index is -3.97. The second-order valence-electron chi connectivity index (χ2n) is 3.99. The monoisotopic (exact) mass is 379 g/mol. The van der Waals surface area contributed by atoms with Crippen LogP contribution < -0.4 is 10.5 Å². The van der Waals surface area contributed by atoms with Crippen molar-refractivity contribution in [1.82, 2.24) is 9.71 Å². The molecule has 0 aliphatic carbocycles. The summed E-state index contributed by atoms with van der Waals surface area (Å²) in [5, 5.41) is 0. The molecule has 108 valence electrons. The van der Waals surface area contributed by atoms with Gasteiger partial charge in [-0.3, -0.25) is 0 Å². The summed E-state index contributed by atoms with van der Waals surface area (Å²) in [5.41, 5.74) is 8.11. The van der Waals surface area contributed by atoms with Crippen molar-refractivity contribution in [3.8, 4) is 0 Å². The topological polar surface area (TPSA) is 85.1 Å². The van der Waals surface area contributed by atoms with Crippen molar-refractivity contribution in [2.24, 2.45) is 0 Å².